The zero-order valence-electron chi connectivity index (χ0n) is 17.2. The molecule has 1 N–H and O–H groups in total. The van der Waals surface area contributed by atoms with Crippen LogP contribution in [0.3, 0.4) is 0 Å². The third kappa shape index (κ3) is 4.39. The van der Waals surface area contributed by atoms with Crippen molar-refractivity contribution in [1.82, 2.24) is 9.55 Å². The fraction of sp³-hybridized carbons (Fsp3) is 0.174. The van der Waals surface area contributed by atoms with Crippen molar-refractivity contribution in [3.05, 3.63) is 79.9 Å². The van der Waals surface area contributed by atoms with Crippen molar-refractivity contribution in [2.75, 3.05) is 11.1 Å². The van der Waals surface area contributed by atoms with Gasteiger partial charge < -0.3 is 5.32 Å². The molecule has 0 aliphatic heterocycles. The number of fused-ring (bicyclic) bond motifs is 1. The number of hydrogen-bond donors (Lipinski definition) is 1. The third-order valence-corrected chi connectivity index (χ3v) is 7.14. The predicted molar refractivity (Wildman–Crippen MR) is 130 cm³/mol. The summed E-state index contributed by atoms with van der Waals surface area (Å²) >= 11 is 8.66. The molecule has 0 radical (unpaired) electrons. The summed E-state index contributed by atoms with van der Waals surface area (Å²) in [5.74, 6) is -0.0821. The number of nitrogens with zero attached hydrogens (tertiary/aromatic N) is 2. The number of carbonyl (C=O) groups is 1. The van der Waals surface area contributed by atoms with E-state index in [2.05, 4.69) is 10.3 Å². The van der Waals surface area contributed by atoms with E-state index in [0.717, 1.165) is 22.4 Å². The molecule has 0 fully saturated rings. The maximum absolute atomic E-state index is 13.3. The molecule has 5 nitrogen and oxygen atoms in total. The molecule has 1 amide bonds. The highest BCUT2D eigenvalue weighted by Gasteiger charge is 2.17. The van der Waals surface area contributed by atoms with E-state index < -0.39 is 0 Å². The maximum atomic E-state index is 13.3. The molecule has 0 spiro atoms. The number of aromatic nitrogens is 2. The first kappa shape index (κ1) is 21.6. The van der Waals surface area contributed by atoms with Gasteiger partial charge in [-0.3, -0.25) is 14.2 Å². The van der Waals surface area contributed by atoms with Gasteiger partial charge in [0.05, 0.1) is 17.0 Å². The summed E-state index contributed by atoms with van der Waals surface area (Å²) in [6, 6.07) is 13.0. The molecule has 0 aliphatic carbocycles. The molecule has 0 atom stereocenters. The Morgan fingerprint density at radius 2 is 1.97 bits per heavy atom. The molecule has 31 heavy (non-hydrogen) atoms. The van der Waals surface area contributed by atoms with E-state index >= 15 is 0 Å². The van der Waals surface area contributed by atoms with E-state index in [1.54, 1.807) is 16.7 Å². The average molecular weight is 470 g/mol. The van der Waals surface area contributed by atoms with Gasteiger partial charge in [0.2, 0.25) is 5.91 Å². The fourth-order valence-corrected chi connectivity index (χ4v) is 4.96. The second-order valence-corrected chi connectivity index (χ2v) is 9.48. The summed E-state index contributed by atoms with van der Waals surface area (Å²) in [6.07, 6.45) is 0. The number of amides is 1. The Labute approximate surface area is 193 Å². The molecule has 0 bridgehead atoms. The van der Waals surface area contributed by atoms with Gasteiger partial charge in [0.15, 0.2) is 5.16 Å². The smallest absolute Gasteiger partial charge is 0.276 e. The number of benzene rings is 2. The van der Waals surface area contributed by atoms with Crippen LogP contribution in [0.15, 0.2) is 57.8 Å². The van der Waals surface area contributed by atoms with Crippen LogP contribution in [0.5, 0.6) is 0 Å². The normalized spacial score (nSPS) is 11.1. The molecule has 0 aliphatic rings. The predicted octanol–water partition coefficient (Wildman–Crippen LogP) is 5.76. The van der Waals surface area contributed by atoms with Crippen molar-refractivity contribution in [2.24, 2.45) is 0 Å². The monoisotopic (exact) mass is 469 g/mol. The number of thiophene rings is 1. The molecule has 2 heterocycles. The molecule has 4 aromatic rings. The van der Waals surface area contributed by atoms with Gasteiger partial charge in [0, 0.05) is 10.7 Å². The second-order valence-electron chi connectivity index (χ2n) is 7.19. The van der Waals surface area contributed by atoms with Crippen LogP contribution in [-0.4, -0.2) is 21.2 Å². The first-order valence-corrected chi connectivity index (χ1v) is 11.8. The number of aryl methyl sites for hydroxylation is 2. The van der Waals surface area contributed by atoms with Crippen molar-refractivity contribution < 1.29 is 4.79 Å². The van der Waals surface area contributed by atoms with Gasteiger partial charge in [-0.25, -0.2) is 4.98 Å². The van der Waals surface area contributed by atoms with Gasteiger partial charge in [0.25, 0.3) is 5.56 Å². The van der Waals surface area contributed by atoms with Crippen LogP contribution in [0.2, 0.25) is 5.02 Å². The topological polar surface area (TPSA) is 64.0 Å². The summed E-state index contributed by atoms with van der Waals surface area (Å²) in [6.45, 7) is 5.90. The van der Waals surface area contributed by atoms with Crippen LogP contribution in [0.1, 0.15) is 16.7 Å². The molecule has 2 aromatic carbocycles. The van der Waals surface area contributed by atoms with Gasteiger partial charge in [-0.15, -0.1) is 11.3 Å². The van der Waals surface area contributed by atoms with E-state index in [4.69, 9.17) is 11.6 Å². The molecule has 4 rings (SSSR count). The molecular formula is C23H20ClN3O2S2. The Hall–Kier alpha value is -2.61. The lowest BCUT2D eigenvalue weighted by Gasteiger charge is -2.15. The molecule has 0 unspecified atom stereocenters. The third-order valence-electron chi connectivity index (χ3n) is 5.07. The van der Waals surface area contributed by atoms with Crippen LogP contribution in [-0.2, 0) is 4.79 Å². The molecule has 158 valence electrons. The molecule has 8 heteroatoms. The highest BCUT2D eigenvalue weighted by Crippen LogP contribution is 2.27. The number of halogens is 1. The van der Waals surface area contributed by atoms with Crippen molar-refractivity contribution in [3.8, 4) is 5.69 Å². The first-order valence-electron chi connectivity index (χ1n) is 9.61. The zero-order chi connectivity index (χ0) is 22.1. The lowest BCUT2D eigenvalue weighted by Crippen LogP contribution is -2.23. The van der Waals surface area contributed by atoms with Crippen LogP contribution < -0.4 is 10.9 Å². The van der Waals surface area contributed by atoms with Gasteiger partial charge in [-0.05, 0) is 67.1 Å². The molecule has 0 saturated carbocycles. The van der Waals surface area contributed by atoms with Crippen molar-refractivity contribution in [2.45, 2.75) is 25.9 Å². The van der Waals surface area contributed by atoms with E-state index in [9.17, 15) is 9.59 Å². The van der Waals surface area contributed by atoms with E-state index in [0.29, 0.717) is 26.1 Å². The number of hydrogen-bond acceptors (Lipinski definition) is 5. The van der Waals surface area contributed by atoms with Crippen molar-refractivity contribution in [1.29, 1.82) is 0 Å². The Morgan fingerprint density at radius 1 is 1.16 bits per heavy atom. The number of thioether (sulfide) groups is 1. The lowest BCUT2D eigenvalue weighted by atomic mass is 10.1. The minimum absolute atomic E-state index is 0.110. The number of rotatable bonds is 5. The van der Waals surface area contributed by atoms with Gasteiger partial charge in [0.1, 0.15) is 4.70 Å². The van der Waals surface area contributed by atoms with Crippen molar-refractivity contribution >= 4 is 56.5 Å². The SMILES string of the molecule is Cc1ccc(Cl)cc1NC(=O)CSc1nc2ccsc2c(=O)n1-c1cccc(C)c1C. The Kier molecular flexibility index (Phi) is 6.18. The van der Waals surface area contributed by atoms with Crippen LogP contribution in [0, 0.1) is 20.8 Å². The largest absolute Gasteiger partial charge is 0.325 e. The van der Waals surface area contributed by atoms with Crippen LogP contribution in [0.4, 0.5) is 5.69 Å². The van der Waals surface area contributed by atoms with E-state index in [1.807, 2.05) is 56.5 Å². The van der Waals surface area contributed by atoms with Crippen LogP contribution in [0.25, 0.3) is 15.9 Å². The Balaban J connectivity index is 1.68. The fourth-order valence-electron chi connectivity index (χ4n) is 3.22. The van der Waals surface area contributed by atoms with Gasteiger partial charge in [-0.1, -0.05) is 41.6 Å². The number of carbonyl (C=O) groups excluding carboxylic acids is 1. The summed E-state index contributed by atoms with van der Waals surface area (Å²) in [5.41, 5.74) is 4.98. The highest BCUT2D eigenvalue weighted by atomic mass is 35.5. The summed E-state index contributed by atoms with van der Waals surface area (Å²) in [4.78, 5) is 30.6. The zero-order valence-corrected chi connectivity index (χ0v) is 19.6. The molecule has 2 aromatic heterocycles. The summed E-state index contributed by atoms with van der Waals surface area (Å²) in [7, 11) is 0. The molecule has 0 saturated heterocycles. The Bertz CT molecular complexity index is 1360. The lowest BCUT2D eigenvalue weighted by molar-refractivity contribution is -0.113. The highest BCUT2D eigenvalue weighted by molar-refractivity contribution is 7.99. The Morgan fingerprint density at radius 3 is 2.77 bits per heavy atom. The van der Waals surface area contributed by atoms with Crippen molar-refractivity contribution in [3.63, 3.8) is 0 Å². The quantitative estimate of drug-likeness (QED) is 0.298. The first-order chi connectivity index (χ1) is 14.8. The van der Waals surface area contributed by atoms with Gasteiger partial charge >= 0.3 is 0 Å². The van der Waals surface area contributed by atoms with Gasteiger partial charge in [-0.2, -0.15) is 0 Å². The van der Waals surface area contributed by atoms with E-state index in [1.165, 1.54) is 23.1 Å². The average Bonchev–Trinajstić information content (AvgIpc) is 3.21. The van der Waals surface area contributed by atoms with Crippen LogP contribution >= 0.6 is 34.7 Å². The molecular weight excluding hydrogens is 450 g/mol. The minimum Gasteiger partial charge on any atom is -0.325 e. The summed E-state index contributed by atoms with van der Waals surface area (Å²) in [5, 5.41) is 5.79. The number of anilines is 1. The maximum Gasteiger partial charge on any atom is 0.276 e. The number of nitrogens with one attached hydrogen (secondary N) is 1. The van der Waals surface area contributed by atoms with E-state index in [-0.39, 0.29) is 17.2 Å². The second kappa shape index (κ2) is 8.86. The minimum atomic E-state index is -0.192. The standard InChI is InChI=1S/C23H20ClN3O2S2/c1-13-5-4-6-19(15(13)3)27-22(29)21-17(9-10-30-21)26-23(27)31-12-20(28)25-18-11-16(24)8-7-14(18)2/h4-11H,12H2,1-3H3,(H,25,28). The summed E-state index contributed by atoms with van der Waals surface area (Å²) < 4.78 is 2.22.